The van der Waals surface area contributed by atoms with Crippen molar-refractivity contribution in [2.24, 2.45) is 0 Å². The molecule has 4 aromatic carbocycles. The first kappa shape index (κ1) is 25.0. The van der Waals surface area contributed by atoms with Crippen LogP contribution in [-0.2, 0) is 4.79 Å². The molecular formula is C30H23N3O4S. The van der Waals surface area contributed by atoms with Crippen LogP contribution in [0, 0.1) is 0 Å². The third kappa shape index (κ3) is 5.21. The maximum Gasteiger partial charge on any atom is 0.323 e. The molecule has 4 aromatic rings. The Labute approximate surface area is 223 Å². The van der Waals surface area contributed by atoms with Crippen LogP contribution in [0.4, 0.5) is 21.9 Å². The number of thioether (sulfide) groups is 1. The summed E-state index contributed by atoms with van der Waals surface area (Å²) in [7, 11) is 0. The van der Waals surface area contributed by atoms with Crippen LogP contribution >= 0.6 is 11.8 Å². The van der Waals surface area contributed by atoms with Crippen molar-refractivity contribution in [2.45, 2.75) is 17.1 Å². The zero-order chi connectivity index (χ0) is 26.6. The maximum atomic E-state index is 13.2. The van der Waals surface area contributed by atoms with Gasteiger partial charge in [0.25, 0.3) is 0 Å². The molecular weight excluding hydrogens is 498 g/mol. The minimum atomic E-state index is -0.493. The number of nitrogens with one attached hydrogen (secondary N) is 3. The van der Waals surface area contributed by atoms with E-state index in [-0.39, 0.29) is 34.6 Å². The zero-order valence-corrected chi connectivity index (χ0v) is 21.2. The fourth-order valence-electron chi connectivity index (χ4n) is 4.17. The first-order chi connectivity index (χ1) is 18.4. The minimum absolute atomic E-state index is 0.214. The van der Waals surface area contributed by atoms with Gasteiger partial charge in [-0.2, -0.15) is 0 Å². The van der Waals surface area contributed by atoms with Crippen LogP contribution in [0.15, 0.2) is 102 Å². The third-order valence-electron chi connectivity index (χ3n) is 6.04. The average molecular weight is 522 g/mol. The number of hydrogen-bond donors (Lipinski definition) is 3. The molecule has 7 nitrogen and oxygen atoms in total. The van der Waals surface area contributed by atoms with Gasteiger partial charge in [-0.15, -0.1) is 11.8 Å². The number of carbonyl (C=O) groups excluding carboxylic acids is 4. The highest BCUT2D eigenvalue weighted by Gasteiger charge is 2.32. The summed E-state index contributed by atoms with van der Waals surface area (Å²) in [6.07, 6.45) is 0. The van der Waals surface area contributed by atoms with Crippen molar-refractivity contribution in [1.29, 1.82) is 0 Å². The highest BCUT2D eigenvalue weighted by Crippen LogP contribution is 2.33. The van der Waals surface area contributed by atoms with E-state index in [0.717, 1.165) is 4.90 Å². The summed E-state index contributed by atoms with van der Waals surface area (Å²) < 4.78 is 0. The number of ketones is 2. The summed E-state index contributed by atoms with van der Waals surface area (Å²) in [6.45, 7) is 1.76. The highest BCUT2D eigenvalue weighted by atomic mass is 32.2. The van der Waals surface area contributed by atoms with E-state index < -0.39 is 5.25 Å². The molecule has 0 aromatic heterocycles. The number of rotatable bonds is 6. The Kier molecular flexibility index (Phi) is 7.06. The number of benzene rings is 4. The second kappa shape index (κ2) is 10.7. The second-order valence-electron chi connectivity index (χ2n) is 8.65. The molecule has 1 atom stereocenters. The van der Waals surface area contributed by atoms with Crippen molar-refractivity contribution in [3.8, 4) is 0 Å². The summed E-state index contributed by atoms with van der Waals surface area (Å²) >= 11 is 1.34. The maximum absolute atomic E-state index is 13.2. The van der Waals surface area contributed by atoms with Gasteiger partial charge in [-0.05, 0) is 49.4 Å². The van der Waals surface area contributed by atoms with E-state index >= 15 is 0 Å². The third-order valence-corrected chi connectivity index (χ3v) is 7.15. The van der Waals surface area contributed by atoms with Gasteiger partial charge in [-0.3, -0.25) is 14.4 Å². The fraction of sp³-hybridized carbons (Fsp3) is 0.0667. The van der Waals surface area contributed by atoms with Gasteiger partial charge in [-0.25, -0.2) is 4.79 Å². The lowest BCUT2D eigenvalue weighted by atomic mass is 9.83. The minimum Gasteiger partial charge on any atom is -0.324 e. The molecule has 5 rings (SSSR count). The van der Waals surface area contributed by atoms with Gasteiger partial charge in [0.05, 0.1) is 16.5 Å². The number of carbonyl (C=O) groups is 4. The zero-order valence-electron chi connectivity index (χ0n) is 20.4. The van der Waals surface area contributed by atoms with Crippen LogP contribution in [0.3, 0.4) is 0 Å². The predicted molar refractivity (Wildman–Crippen MR) is 149 cm³/mol. The van der Waals surface area contributed by atoms with E-state index in [9.17, 15) is 19.2 Å². The van der Waals surface area contributed by atoms with Crippen LogP contribution in [-0.4, -0.2) is 28.8 Å². The van der Waals surface area contributed by atoms with E-state index in [1.165, 1.54) is 11.8 Å². The molecule has 0 fully saturated rings. The molecule has 3 N–H and O–H groups in total. The summed E-state index contributed by atoms with van der Waals surface area (Å²) in [6, 6.07) is 27.5. The molecule has 3 amide bonds. The number of anilines is 3. The Balaban J connectivity index is 1.23. The van der Waals surface area contributed by atoms with Crippen LogP contribution in [0.1, 0.15) is 38.8 Å². The second-order valence-corrected chi connectivity index (χ2v) is 10.1. The van der Waals surface area contributed by atoms with Crippen LogP contribution < -0.4 is 16.0 Å². The SMILES string of the molecule is CC(Sc1ccc(NC(=O)Nc2ccccc2)cc1)C(=O)Nc1cccc2c1C(=O)c1ccccc1C2=O. The van der Waals surface area contributed by atoms with Crippen LogP contribution in [0.5, 0.6) is 0 Å². The van der Waals surface area contributed by atoms with Gasteiger partial charge in [-0.1, -0.05) is 54.6 Å². The Morgan fingerprint density at radius 1 is 0.632 bits per heavy atom. The topological polar surface area (TPSA) is 104 Å². The van der Waals surface area contributed by atoms with Gasteiger partial charge in [0, 0.05) is 33.0 Å². The lowest BCUT2D eigenvalue weighted by Gasteiger charge is -2.21. The van der Waals surface area contributed by atoms with E-state index in [2.05, 4.69) is 16.0 Å². The van der Waals surface area contributed by atoms with E-state index in [0.29, 0.717) is 28.2 Å². The summed E-state index contributed by atoms with van der Waals surface area (Å²) in [4.78, 5) is 52.2. The van der Waals surface area contributed by atoms with Crippen molar-refractivity contribution in [3.63, 3.8) is 0 Å². The smallest absolute Gasteiger partial charge is 0.323 e. The largest absolute Gasteiger partial charge is 0.324 e. The molecule has 38 heavy (non-hydrogen) atoms. The van der Waals surface area contributed by atoms with Gasteiger partial charge in [0.15, 0.2) is 11.6 Å². The number of hydrogen-bond acceptors (Lipinski definition) is 5. The molecule has 0 heterocycles. The molecule has 0 aliphatic heterocycles. The Hall–Kier alpha value is -4.69. The fourth-order valence-corrected chi connectivity index (χ4v) is 5.04. The monoisotopic (exact) mass is 521 g/mol. The van der Waals surface area contributed by atoms with Gasteiger partial charge in [0.2, 0.25) is 5.91 Å². The first-order valence-corrected chi connectivity index (χ1v) is 12.8. The lowest BCUT2D eigenvalue weighted by Crippen LogP contribution is -2.27. The van der Waals surface area contributed by atoms with Crippen molar-refractivity contribution >= 4 is 52.3 Å². The van der Waals surface area contributed by atoms with Gasteiger partial charge in [0.1, 0.15) is 0 Å². The van der Waals surface area contributed by atoms with E-state index in [1.807, 2.05) is 30.3 Å². The quantitative estimate of drug-likeness (QED) is 0.230. The molecule has 1 aliphatic rings. The average Bonchev–Trinajstić information content (AvgIpc) is 2.93. The van der Waals surface area contributed by atoms with Crippen LogP contribution in [0.25, 0.3) is 0 Å². The Morgan fingerprint density at radius 2 is 1.21 bits per heavy atom. The van der Waals surface area contributed by atoms with Crippen LogP contribution in [0.2, 0.25) is 0 Å². The predicted octanol–water partition coefficient (Wildman–Crippen LogP) is 6.23. The Morgan fingerprint density at radius 3 is 1.89 bits per heavy atom. The number of fused-ring (bicyclic) bond motifs is 2. The van der Waals surface area contributed by atoms with Gasteiger partial charge >= 0.3 is 6.03 Å². The molecule has 0 saturated carbocycles. The molecule has 1 unspecified atom stereocenters. The Bertz CT molecular complexity index is 1550. The molecule has 0 radical (unpaired) electrons. The molecule has 0 saturated heterocycles. The standard InChI is InChI=1S/C30H23N3O4S/c1-18(38-21-16-14-20(15-17-21)32-30(37)31-19-8-3-2-4-9-19)29(36)33-25-13-7-12-24-26(25)28(35)23-11-6-5-10-22(23)27(24)34/h2-18H,1H3,(H,33,36)(H2,31,32,37). The summed E-state index contributed by atoms with van der Waals surface area (Å²) in [5.74, 6) is -0.822. The molecule has 0 spiro atoms. The highest BCUT2D eigenvalue weighted by molar-refractivity contribution is 8.00. The van der Waals surface area contributed by atoms with E-state index in [4.69, 9.17) is 0 Å². The normalized spacial score (nSPS) is 12.7. The lowest BCUT2D eigenvalue weighted by molar-refractivity contribution is -0.115. The molecule has 188 valence electrons. The summed E-state index contributed by atoms with van der Waals surface area (Å²) in [5, 5.41) is 7.87. The molecule has 1 aliphatic carbocycles. The number of amides is 3. The number of para-hydroxylation sites is 1. The van der Waals surface area contributed by atoms with Crippen molar-refractivity contribution < 1.29 is 19.2 Å². The summed E-state index contributed by atoms with van der Waals surface area (Å²) in [5.41, 5.74) is 2.81. The van der Waals surface area contributed by atoms with Crippen molar-refractivity contribution in [1.82, 2.24) is 0 Å². The first-order valence-electron chi connectivity index (χ1n) is 11.9. The van der Waals surface area contributed by atoms with E-state index in [1.54, 1.807) is 73.7 Å². The van der Waals surface area contributed by atoms with Crippen molar-refractivity contribution in [3.05, 3.63) is 119 Å². The molecule has 8 heteroatoms. The van der Waals surface area contributed by atoms with Gasteiger partial charge < -0.3 is 16.0 Å². The number of urea groups is 1. The van der Waals surface area contributed by atoms with Crippen molar-refractivity contribution in [2.75, 3.05) is 16.0 Å². The molecule has 0 bridgehead atoms.